The highest BCUT2D eigenvalue weighted by Gasteiger charge is 2.28. The van der Waals surface area contributed by atoms with Crippen LogP contribution in [0, 0.1) is 0 Å². The number of thioether (sulfide) groups is 1. The van der Waals surface area contributed by atoms with E-state index in [0.717, 1.165) is 22.7 Å². The van der Waals surface area contributed by atoms with Crippen LogP contribution in [0.3, 0.4) is 0 Å². The Balaban J connectivity index is 1.62. The summed E-state index contributed by atoms with van der Waals surface area (Å²) in [4.78, 5) is 25.3. The molecule has 2 N–H and O–H groups in total. The number of carbonyl (C=O) groups is 2. The maximum atomic E-state index is 12.2. The first-order chi connectivity index (χ1) is 11.2. The van der Waals surface area contributed by atoms with Crippen molar-refractivity contribution in [3.8, 4) is 0 Å². The second-order valence-corrected chi connectivity index (χ2v) is 6.64. The molecule has 0 aromatic heterocycles. The third-order valence-electron chi connectivity index (χ3n) is 3.72. The molecule has 2 amide bonds. The number of hydrogen-bond acceptors (Lipinski definition) is 3. The molecule has 0 unspecified atom stereocenters. The van der Waals surface area contributed by atoms with Gasteiger partial charge in [0.25, 0.3) is 0 Å². The van der Waals surface area contributed by atoms with E-state index in [1.165, 1.54) is 17.3 Å². The maximum Gasteiger partial charge on any atom is 0.238 e. The van der Waals surface area contributed by atoms with E-state index in [2.05, 4.69) is 17.6 Å². The number of anilines is 2. The number of fused-ring (bicyclic) bond motifs is 1. The minimum absolute atomic E-state index is 0.120. The van der Waals surface area contributed by atoms with Crippen LogP contribution in [0.25, 0.3) is 0 Å². The zero-order chi connectivity index (χ0) is 16.2. The minimum atomic E-state index is -0.403. The first-order valence-corrected chi connectivity index (χ1v) is 8.49. The van der Waals surface area contributed by atoms with Crippen molar-refractivity contribution in [3.63, 3.8) is 0 Å². The van der Waals surface area contributed by atoms with Crippen LogP contribution < -0.4 is 10.6 Å². The first-order valence-electron chi connectivity index (χ1n) is 7.61. The number of rotatable bonds is 4. The third-order valence-corrected chi connectivity index (χ3v) is 5.00. The van der Waals surface area contributed by atoms with Gasteiger partial charge in [-0.05, 0) is 36.2 Å². The number of hydrogen-bond donors (Lipinski definition) is 2. The van der Waals surface area contributed by atoms with Crippen molar-refractivity contribution >= 4 is 35.0 Å². The van der Waals surface area contributed by atoms with Gasteiger partial charge in [0.15, 0.2) is 0 Å². The molecule has 0 aliphatic carbocycles. The highest BCUT2D eigenvalue weighted by molar-refractivity contribution is 8.01. The van der Waals surface area contributed by atoms with Crippen LogP contribution in [0.15, 0.2) is 53.4 Å². The van der Waals surface area contributed by atoms with Gasteiger partial charge in [0.2, 0.25) is 11.8 Å². The number of carbonyl (C=O) groups excluding carboxylic acids is 2. The highest BCUT2D eigenvalue weighted by atomic mass is 32.2. The molecule has 0 saturated heterocycles. The predicted octanol–water partition coefficient (Wildman–Crippen LogP) is 3.69. The van der Waals surface area contributed by atoms with E-state index in [1.54, 1.807) is 0 Å². The van der Waals surface area contributed by atoms with Gasteiger partial charge in [-0.1, -0.05) is 31.2 Å². The van der Waals surface area contributed by atoms with Gasteiger partial charge >= 0.3 is 0 Å². The standard InChI is InChI=1S/C18H18N2O2S/c1-2-12-7-9-13(10-8-12)19-17(21)11-16-18(22)20-14-5-3-4-6-15(14)23-16/h3-10,16H,2,11H2,1H3,(H,19,21)(H,20,22)/t16-/m1/s1. The van der Waals surface area contributed by atoms with E-state index in [1.807, 2.05) is 48.5 Å². The molecule has 1 aliphatic rings. The molecule has 23 heavy (non-hydrogen) atoms. The van der Waals surface area contributed by atoms with Crippen LogP contribution in [0.1, 0.15) is 18.9 Å². The van der Waals surface area contributed by atoms with Crippen molar-refractivity contribution < 1.29 is 9.59 Å². The lowest BCUT2D eigenvalue weighted by Gasteiger charge is -2.23. The zero-order valence-electron chi connectivity index (χ0n) is 12.8. The summed E-state index contributed by atoms with van der Waals surface area (Å²) in [7, 11) is 0. The van der Waals surface area contributed by atoms with Crippen LogP contribution in [0.5, 0.6) is 0 Å². The lowest BCUT2D eigenvalue weighted by molar-refractivity contribution is -0.120. The lowest BCUT2D eigenvalue weighted by Crippen LogP contribution is -2.32. The molecule has 0 radical (unpaired) electrons. The van der Waals surface area contributed by atoms with Crippen molar-refractivity contribution in [2.75, 3.05) is 10.6 Å². The van der Waals surface area contributed by atoms with Crippen molar-refractivity contribution in [1.82, 2.24) is 0 Å². The van der Waals surface area contributed by atoms with E-state index >= 15 is 0 Å². The molecule has 2 aromatic rings. The summed E-state index contributed by atoms with van der Waals surface area (Å²) in [6, 6.07) is 15.4. The minimum Gasteiger partial charge on any atom is -0.326 e. The van der Waals surface area contributed by atoms with Gasteiger partial charge in [-0.15, -0.1) is 11.8 Å². The number of benzene rings is 2. The SMILES string of the molecule is CCc1ccc(NC(=O)C[C@H]2Sc3ccccc3NC2=O)cc1. The van der Waals surface area contributed by atoms with Crippen molar-refractivity contribution in [1.29, 1.82) is 0 Å². The van der Waals surface area contributed by atoms with Gasteiger partial charge in [-0.2, -0.15) is 0 Å². The summed E-state index contributed by atoms with van der Waals surface area (Å²) in [5.41, 5.74) is 2.80. The molecule has 0 fully saturated rings. The molecule has 4 nitrogen and oxygen atoms in total. The van der Waals surface area contributed by atoms with Crippen molar-refractivity contribution in [3.05, 3.63) is 54.1 Å². The normalized spacial score (nSPS) is 16.4. The maximum absolute atomic E-state index is 12.2. The molecule has 1 heterocycles. The Morgan fingerprint density at radius 3 is 2.65 bits per heavy atom. The van der Waals surface area contributed by atoms with E-state index in [4.69, 9.17) is 0 Å². The first kappa shape index (κ1) is 15.6. The molecular formula is C18H18N2O2S. The number of aryl methyl sites for hydroxylation is 1. The Bertz CT molecular complexity index is 728. The van der Waals surface area contributed by atoms with Gasteiger partial charge < -0.3 is 10.6 Å². The molecule has 5 heteroatoms. The Morgan fingerprint density at radius 2 is 1.91 bits per heavy atom. The average molecular weight is 326 g/mol. The number of amides is 2. The predicted molar refractivity (Wildman–Crippen MR) is 93.8 cm³/mol. The molecule has 2 aromatic carbocycles. The molecule has 1 aliphatic heterocycles. The second kappa shape index (κ2) is 6.87. The Hall–Kier alpha value is -2.27. The fourth-order valence-corrected chi connectivity index (χ4v) is 3.54. The summed E-state index contributed by atoms with van der Waals surface area (Å²) in [5, 5.41) is 5.30. The third kappa shape index (κ3) is 3.74. The van der Waals surface area contributed by atoms with E-state index in [-0.39, 0.29) is 18.2 Å². The quantitative estimate of drug-likeness (QED) is 0.901. The largest absolute Gasteiger partial charge is 0.326 e. The molecular weight excluding hydrogens is 308 g/mol. The fourth-order valence-electron chi connectivity index (χ4n) is 2.43. The summed E-state index contributed by atoms with van der Waals surface area (Å²) >= 11 is 1.44. The van der Waals surface area contributed by atoms with E-state index in [0.29, 0.717) is 0 Å². The lowest BCUT2D eigenvalue weighted by atomic mass is 10.1. The Labute approximate surface area is 139 Å². The molecule has 0 saturated carbocycles. The monoisotopic (exact) mass is 326 g/mol. The molecule has 1 atom stereocenters. The van der Waals surface area contributed by atoms with Crippen molar-refractivity contribution in [2.45, 2.75) is 29.9 Å². The van der Waals surface area contributed by atoms with Crippen molar-refractivity contribution in [2.24, 2.45) is 0 Å². The van der Waals surface area contributed by atoms with Gasteiger partial charge in [0, 0.05) is 17.0 Å². The summed E-state index contributed by atoms with van der Waals surface area (Å²) in [5.74, 6) is -0.272. The van der Waals surface area contributed by atoms with Gasteiger partial charge in [0.1, 0.15) is 0 Å². The second-order valence-electron chi connectivity index (χ2n) is 5.39. The molecule has 0 bridgehead atoms. The summed E-state index contributed by atoms with van der Waals surface area (Å²) in [6.07, 6.45) is 1.12. The molecule has 118 valence electrons. The average Bonchev–Trinajstić information content (AvgIpc) is 2.56. The van der Waals surface area contributed by atoms with Crippen LogP contribution in [0.2, 0.25) is 0 Å². The summed E-state index contributed by atoms with van der Waals surface area (Å²) < 4.78 is 0. The molecule has 0 spiro atoms. The van der Waals surface area contributed by atoms with Gasteiger partial charge in [0.05, 0.1) is 10.9 Å². The van der Waals surface area contributed by atoms with Gasteiger partial charge in [-0.25, -0.2) is 0 Å². The Kier molecular flexibility index (Phi) is 4.67. The van der Waals surface area contributed by atoms with Gasteiger partial charge in [-0.3, -0.25) is 9.59 Å². The van der Waals surface area contributed by atoms with Crippen LogP contribution in [0.4, 0.5) is 11.4 Å². The molecule has 3 rings (SSSR count). The number of para-hydroxylation sites is 1. The van der Waals surface area contributed by atoms with Crippen LogP contribution in [-0.4, -0.2) is 17.1 Å². The smallest absolute Gasteiger partial charge is 0.238 e. The highest BCUT2D eigenvalue weighted by Crippen LogP contribution is 2.36. The van der Waals surface area contributed by atoms with E-state index < -0.39 is 5.25 Å². The zero-order valence-corrected chi connectivity index (χ0v) is 13.7. The van der Waals surface area contributed by atoms with E-state index in [9.17, 15) is 9.59 Å². The summed E-state index contributed by atoms with van der Waals surface area (Å²) in [6.45, 7) is 2.09. The van der Waals surface area contributed by atoms with Crippen LogP contribution >= 0.6 is 11.8 Å². The van der Waals surface area contributed by atoms with Crippen LogP contribution in [-0.2, 0) is 16.0 Å². The topological polar surface area (TPSA) is 58.2 Å². The number of nitrogens with one attached hydrogen (secondary N) is 2. The fraction of sp³-hybridized carbons (Fsp3) is 0.222. The Morgan fingerprint density at radius 1 is 1.17 bits per heavy atom.